The Kier molecular flexibility index (Phi) is 6.86. The summed E-state index contributed by atoms with van der Waals surface area (Å²) in [5, 5.41) is 5.55. The number of ether oxygens (including phenoxy) is 2. The average molecular weight is 464 g/mol. The number of morpholine rings is 1. The quantitative estimate of drug-likeness (QED) is 0.575. The predicted octanol–water partition coefficient (Wildman–Crippen LogP) is 4.67. The second kappa shape index (κ2) is 9.76. The second-order valence-electron chi connectivity index (χ2n) is 6.63. The van der Waals surface area contributed by atoms with Gasteiger partial charge in [-0.25, -0.2) is 9.99 Å². The van der Waals surface area contributed by atoms with E-state index in [1.807, 2.05) is 35.3 Å². The van der Waals surface area contributed by atoms with Crippen LogP contribution in [0.4, 0.5) is 0 Å². The summed E-state index contributed by atoms with van der Waals surface area (Å²) in [4.78, 5) is 16.9. The Labute approximate surface area is 188 Å². The zero-order valence-corrected chi connectivity index (χ0v) is 18.3. The van der Waals surface area contributed by atoms with E-state index < -0.39 is 0 Å². The Bertz CT molecular complexity index is 1020. The monoisotopic (exact) mass is 463 g/mol. The van der Waals surface area contributed by atoms with Crippen LogP contribution in [0.15, 0.2) is 47.8 Å². The Balaban J connectivity index is 1.36. The second-order valence-corrected chi connectivity index (χ2v) is 8.33. The van der Waals surface area contributed by atoms with Crippen molar-refractivity contribution in [1.29, 1.82) is 0 Å². The molecule has 1 N–H and O–H groups in total. The molecule has 0 unspecified atom stereocenters. The van der Waals surface area contributed by atoms with Gasteiger partial charge in [-0.1, -0.05) is 29.3 Å². The van der Waals surface area contributed by atoms with Crippen molar-refractivity contribution in [1.82, 2.24) is 15.4 Å². The first-order valence-electron chi connectivity index (χ1n) is 9.35. The van der Waals surface area contributed by atoms with Crippen LogP contribution < -0.4 is 10.2 Å². The lowest BCUT2D eigenvalue weighted by molar-refractivity contribution is 0.0125. The lowest BCUT2D eigenvalue weighted by Gasteiger charge is -2.26. The van der Waals surface area contributed by atoms with Crippen LogP contribution in [0.1, 0.15) is 16.1 Å². The Hall–Kier alpha value is -2.16. The van der Waals surface area contributed by atoms with Gasteiger partial charge in [-0.15, -0.1) is 11.3 Å². The average Bonchev–Trinajstić information content (AvgIpc) is 3.25. The number of thiazole rings is 1. The summed E-state index contributed by atoms with van der Waals surface area (Å²) in [6, 6.07) is 12.9. The smallest absolute Gasteiger partial charge is 0.285 e. The SMILES string of the molecule is O=C(NN1CCOCC1)c1csc(-c2ccc(OCc3ccc(Cl)cc3Cl)cc2)n1. The lowest BCUT2D eigenvalue weighted by atomic mass is 10.2. The normalized spacial score (nSPS) is 14.5. The van der Waals surface area contributed by atoms with Gasteiger partial charge in [0.25, 0.3) is 5.91 Å². The van der Waals surface area contributed by atoms with Crippen molar-refractivity contribution in [3.8, 4) is 16.3 Å². The van der Waals surface area contributed by atoms with Crippen molar-refractivity contribution < 1.29 is 14.3 Å². The molecule has 0 bridgehead atoms. The summed E-state index contributed by atoms with van der Waals surface area (Å²) in [5.74, 6) is 0.505. The number of hydrogen-bond acceptors (Lipinski definition) is 6. The summed E-state index contributed by atoms with van der Waals surface area (Å²) in [5.41, 5.74) is 5.05. The molecule has 1 aliphatic heterocycles. The molecule has 0 aliphatic carbocycles. The van der Waals surface area contributed by atoms with Crippen LogP contribution in [0.5, 0.6) is 5.75 Å². The summed E-state index contributed by atoms with van der Waals surface area (Å²) >= 11 is 13.5. The van der Waals surface area contributed by atoms with E-state index in [-0.39, 0.29) is 5.91 Å². The Morgan fingerprint density at radius 3 is 2.67 bits per heavy atom. The van der Waals surface area contributed by atoms with Crippen molar-refractivity contribution in [3.63, 3.8) is 0 Å². The molecule has 1 saturated heterocycles. The maximum atomic E-state index is 12.4. The van der Waals surface area contributed by atoms with E-state index in [1.54, 1.807) is 17.5 Å². The van der Waals surface area contributed by atoms with E-state index in [0.29, 0.717) is 54.4 Å². The molecule has 4 rings (SSSR count). The van der Waals surface area contributed by atoms with E-state index in [1.165, 1.54) is 11.3 Å². The van der Waals surface area contributed by atoms with Crippen molar-refractivity contribution in [2.75, 3.05) is 26.3 Å². The number of benzene rings is 2. The van der Waals surface area contributed by atoms with Crippen LogP contribution in [0, 0.1) is 0 Å². The number of hydrogen-bond donors (Lipinski definition) is 1. The molecule has 0 radical (unpaired) electrons. The zero-order chi connectivity index (χ0) is 20.9. The molecule has 30 heavy (non-hydrogen) atoms. The highest BCUT2D eigenvalue weighted by Gasteiger charge is 2.17. The summed E-state index contributed by atoms with van der Waals surface area (Å²) in [7, 11) is 0. The highest BCUT2D eigenvalue weighted by molar-refractivity contribution is 7.13. The lowest BCUT2D eigenvalue weighted by Crippen LogP contribution is -2.48. The van der Waals surface area contributed by atoms with E-state index in [0.717, 1.165) is 16.1 Å². The van der Waals surface area contributed by atoms with E-state index in [9.17, 15) is 4.79 Å². The standard InChI is InChI=1S/C21H19Cl2N3O3S/c22-16-4-1-15(18(23)11-16)12-29-17-5-2-14(3-6-17)21-24-19(13-30-21)20(27)25-26-7-9-28-10-8-26/h1-6,11,13H,7-10,12H2,(H,25,27). The summed E-state index contributed by atoms with van der Waals surface area (Å²) < 4.78 is 11.1. The van der Waals surface area contributed by atoms with Crippen molar-refractivity contribution >= 4 is 40.4 Å². The minimum atomic E-state index is -0.209. The van der Waals surface area contributed by atoms with Crippen molar-refractivity contribution in [3.05, 3.63) is 69.1 Å². The number of nitrogens with zero attached hydrogens (tertiary/aromatic N) is 2. The van der Waals surface area contributed by atoms with Gasteiger partial charge < -0.3 is 9.47 Å². The molecule has 1 fully saturated rings. The molecule has 1 amide bonds. The van der Waals surface area contributed by atoms with Gasteiger partial charge in [0.2, 0.25) is 0 Å². The van der Waals surface area contributed by atoms with Gasteiger partial charge in [0.05, 0.1) is 13.2 Å². The third kappa shape index (κ3) is 5.30. The van der Waals surface area contributed by atoms with Crippen LogP contribution in [-0.4, -0.2) is 42.2 Å². The first-order valence-corrected chi connectivity index (χ1v) is 11.0. The fraction of sp³-hybridized carbons (Fsp3) is 0.238. The minimum absolute atomic E-state index is 0.209. The first kappa shape index (κ1) is 21.1. The number of aromatic nitrogens is 1. The van der Waals surface area contributed by atoms with Gasteiger partial charge >= 0.3 is 0 Å². The van der Waals surface area contributed by atoms with Crippen molar-refractivity contribution in [2.45, 2.75) is 6.61 Å². The van der Waals surface area contributed by atoms with Gasteiger partial charge in [0.1, 0.15) is 23.1 Å². The topological polar surface area (TPSA) is 63.7 Å². The van der Waals surface area contributed by atoms with Crippen LogP contribution in [0.3, 0.4) is 0 Å². The number of amides is 1. The van der Waals surface area contributed by atoms with Crippen LogP contribution in [-0.2, 0) is 11.3 Å². The fourth-order valence-electron chi connectivity index (χ4n) is 2.88. The third-order valence-corrected chi connectivity index (χ3v) is 6.00. The molecule has 3 aromatic rings. The van der Waals surface area contributed by atoms with Crippen LogP contribution >= 0.6 is 34.5 Å². The third-order valence-electron chi connectivity index (χ3n) is 4.52. The first-order chi connectivity index (χ1) is 14.6. The van der Waals surface area contributed by atoms with Gasteiger partial charge in [-0.3, -0.25) is 10.2 Å². The Morgan fingerprint density at radius 2 is 1.93 bits per heavy atom. The predicted molar refractivity (Wildman–Crippen MR) is 118 cm³/mol. The van der Waals surface area contributed by atoms with Crippen LogP contribution in [0.25, 0.3) is 10.6 Å². The molecule has 6 nitrogen and oxygen atoms in total. The molecular weight excluding hydrogens is 445 g/mol. The maximum Gasteiger partial charge on any atom is 0.285 e. The van der Waals surface area contributed by atoms with Crippen LogP contribution in [0.2, 0.25) is 10.0 Å². The Morgan fingerprint density at radius 1 is 1.17 bits per heavy atom. The van der Waals surface area contributed by atoms with Gasteiger partial charge in [-0.05, 0) is 36.4 Å². The fourth-order valence-corrected chi connectivity index (χ4v) is 4.15. The van der Waals surface area contributed by atoms with Gasteiger partial charge in [0, 0.05) is 39.6 Å². The number of hydrazine groups is 1. The molecule has 1 aliphatic rings. The number of nitrogens with one attached hydrogen (secondary N) is 1. The molecule has 0 saturated carbocycles. The highest BCUT2D eigenvalue weighted by atomic mass is 35.5. The molecule has 1 aromatic heterocycles. The van der Waals surface area contributed by atoms with E-state index >= 15 is 0 Å². The number of halogens is 2. The van der Waals surface area contributed by atoms with Gasteiger partial charge in [0.15, 0.2) is 0 Å². The largest absolute Gasteiger partial charge is 0.489 e. The van der Waals surface area contributed by atoms with Crippen molar-refractivity contribution in [2.24, 2.45) is 0 Å². The molecule has 9 heteroatoms. The summed E-state index contributed by atoms with van der Waals surface area (Å²) in [6.45, 7) is 2.91. The molecule has 2 heterocycles. The maximum absolute atomic E-state index is 12.4. The molecule has 156 valence electrons. The van der Waals surface area contributed by atoms with E-state index in [4.69, 9.17) is 32.7 Å². The minimum Gasteiger partial charge on any atom is -0.489 e. The number of rotatable bonds is 6. The number of carbonyl (C=O) groups is 1. The molecular formula is C21H19Cl2N3O3S. The zero-order valence-electron chi connectivity index (χ0n) is 15.9. The molecule has 0 spiro atoms. The highest BCUT2D eigenvalue weighted by Crippen LogP contribution is 2.27. The summed E-state index contributed by atoms with van der Waals surface area (Å²) in [6.07, 6.45) is 0. The van der Waals surface area contributed by atoms with Gasteiger partial charge in [-0.2, -0.15) is 0 Å². The molecule has 2 aromatic carbocycles. The number of carbonyl (C=O) groups excluding carboxylic acids is 1. The van der Waals surface area contributed by atoms with E-state index in [2.05, 4.69) is 10.4 Å². The molecule has 0 atom stereocenters.